The van der Waals surface area contributed by atoms with Crippen LogP contribution in [0.5, 0.6) is 0 Å². The van der Waals surface area contributed by atoms with Crippen LogP contribution in [0.25, 0.3) is 0 Å². The normalized spacial score (nSPS) is 13.5. The van der Waals surface area contributed by atoms with Gasteiger partial charge in [0.1, 0.15) is 0 Å². The van der Waals surface area contributed by atoms with E-state index < -0.39 is 0 Å². The standard InChI is InChI=1S/C8H13NO/c1-4-6(2)5-7(3)8(9)10/h4-5H,1-3H3,(H2,9,10)/b6-4-,7-5+. The maximum Gasteiger partial charge on any atom is 0.244 e. The molecule has 0 rings (SSSR count). The smallest absolute Gasteiger partial charge is 0.244 e. The van der Waals surface area contributed by atoms with Crippen LogP contribution in [0.2, 0.25) is 0 Å². The van der Waals surface area contributed by atoms with Crippen molar-refractivity contribution in [1.29, 1.82) is 0 Å². The highest BCUT2D eigenvalue weighted by molar-refractivity contribution is 5.91. The number of amides is 1. The van der Waals surface area contributed by atoms with E-state index in [-0.39, 0.29) is 5.91 Å². The molecule has 0 atom stereocenters. The Morgan fingerprint density at radius 3 is 2.20 bits per heavy atom. The minimum Gasteiger partial charge on any atom is -0.366 e. The molecule has 2 heteroatoms. The topological polar surface area (TPSA) is 43.1 Å². The molecule has 2 N–H and O–H groups in total. The number of hydrogen-bond acceptors (Lipinski definition) is 1. The molecule has 0 spiro atoms. The average molecular weight is 139 g/mol. The fourth-order valence-electron chi connectivity index (χ4n) is 0.496. The van der Waals surface area contributed by atoms with Crippen molar-refractivity contribution in [2.45, 2.75) is 20.8 Å². The third-order valence-electron chi connectivity index (χ3n) is 1.29. The Bertz CT molecular complexity index is 189. The van der Waals surface area contributed by atoms with Gasteiger partial charge >= 0.3 is 0 Å². The molecule has 1 amide bonds. The van der Waals surface area contributed by atoms with Crippen LogP contribution in [-0.2, 0) is 4.79 Å². The third kappa shape index (κ3) is 3.07. The van der Waals surface area contributed by atoms with Crippen LogP contribution < -0.4 is 5.73 Å². The predicted octanol–water partition coefficient (Wildman–Crippen LogP) is 1.38. The summed E-state index contributed by atoms with van der Waals surface area (Å²) in [5.41, 5.74) is 6.65. The first-order chi connectivity index (χ1) is 4.57. The minimum absolute atomic E-state index is 0.360. The summed E-state index contributed by atoms with van der Waals surface area (Å²) in [7, 11) is 0. The maximum atomic E-state index is 10.5. The van der Waals surface area contributed by atoms with Gasteiger partial charge in [-0.05, 0) is 20.8 Å². The van der Waals surface area contributed by atoms with Gasteiger partial charge in [-0.1, -0.05) is 17.7 Å². The zero-order valence-corrected chi connectivity index (χ0v) is 6.64. The van der Waals surface area contributed by atoms with Gasteiger partial charge in [-0.15, -0.1) is 0 Å². The van der Waals surface area contributed by atoms with Gasteiger partial charge in [0, 0.05) is 5.57 Å². The summed E-state index contributed by atoms with van der Waals surface area (Å²) in [5.74, 6) is -0.360. The van der Waals surface area contributed by atoms with Crippen molar-refractivity contribution in [3.63, 3.8) is 0 Å². The van der Waals surface area contributed by atoms with E-state index in [1.807, 2.05) is 19.9 Å². The quantitative estimate of drug-likeness (QED) is 0.456. The van der Waals surface area contributed by atoms with Gasteiger partial charge in [0.05, 0.1) is 0 Å². The summed E-state index contributed by atoms with van der Waals surface area (Å²) >= 11 is 0. The number of nitrogens with two attached hydrogens (primary N) is 1. The second-order valence-electron chi connectivity index (χ2n) is 2.22. The molecule has 0 fully saturated rings. The Hall–Kier alpha value is -1.05. The molecule has 0 aromatic carbocycles. The van der Waals surface area contributed by atoms with Gasteiger partial charge in [-0.2, -0.15) is 0 Å². The predicted molar refractivity (Wildman–Crippen MR) is 42.4 cm³/mol. The van der Waals surface area contributed by atoms with E-state index in [4.69, 9.17) is 5.73 Å². The summed E-state index contributed by atoms with van der Waals surface area (Å²) in [4.78, 5) is 10.5. The highest BCUT2D eigenvalue weighted by atomic mass is 16.1. The van der Waals surface area contributed by atoms with Crippen molar-refractivity contribution >= 4 is 5.91 Å². The van der Waals surface area contributed by atoms with Crippen molar-refractivity contribution in [3.8, 4) is 0 Å². The maximum absolute atomic E-state index is 10.5. The van der Waals surface area contributed by atoms with Crippen LogP contribution in [-0.4, -0.2) is 5.91 Å². The fourth-order valence-corrected chi connectivity index (χ4v) is 0.496. The Labute approximate surface area is 61.4 Å². The molecule has 0 aliphatic carbocycles. The second kappa shape index (κ2) is 3.88. The van der Waals surface area contributed by atoms with Gasteiger partial charge in [0.25, 0.3) is 0 Å². The number of rotatable bonds is 2. The largest absolute Gasteiger partial charge is 0.366 e. The Kier molecular flexibility index (Phi) is 3.47. The number of hydrogen-bond donors (Lipinski definition) is 1. The van der Waals surface area contributed by atoms with Gasteiger partial charge in [0.15, 0.2) is 0 Å². The number of allylic oxidation sites excluding steroid dienone is 3. The summed E-state index contributed by atoms with van der Waals surface area (Å²) in [5, 5.41) is 0. The average Bonchev–Trinajstić information content (AvgIpc) is 1.87. The van der Waals surface area contributed by atoms with Crippen LogP contribution in [0.4, 0.5) is 0 Å². The van der Waals surface area contributed by atoms with Gasteiger partial charge in [-0.3, -0.25) is 4.79 Å². The molecular weight excluding hydrogens is 126 g/mol. The molecule has 0 bridgehead atoms. The highest BCUT2D eigenvalue weighted by Crippen LogP contribution is 1.99. The fraction of sp³-hybridized carbons (Fsp3) is 0.375. The van der Waals surface area contributed by atoms with Crippen molar-refractivity contribution < 1.29 is 4.79 Å². The van der Waals surface area contributed by atoms with Crippen molar-refractivity contribution in [2.75, 3.05) is 0 Å². The van der Waals surface area contributed by atoms with Gasteiger partial charge in [-0.25, -0.2) is 0 Å². The number of carbonyl (C=O) groups is 1. The van der Waals surface area contributed by atoms with E-state index >= 15 is 0 Å². The molecule has 2 nitrogen and oxygen atoms in total. The zero-order chi connectivity index (χ0) is 8.15. The molecule has 0 saturated carbocycles. The third-order valence-corrected chi connectivity index (χ3v) is 1.29. The first-order valence-electron chi connectivity index (χ1n) is 3.19. The van der Waals surface area contributed by atoms with E-state index in [9.17, 15) is 4.79 Å². The van der Waals surface area contributed by atoms with E-state index in [1.165, 1.54) is 0 Å². The summed E-state index contributed by atoms with van der Waals surface area (Å²) in [6.07, 6.45) is 3.69. The van der Waals surface area contributed by atoms with E-state index in [2.05, 4.69) is 0 Å². The molecule has 0 radical (unpaired) electrons. The van der Waals surface area contributed by atoms with E-state index in [1.54, 1.807) is 13.0 Å². The lowest BCUT2D eigenvalue weighted by Gasteiger charge is -1.93. The van der Waals surface area contributed by atoms with Crippen LogP contribution in [0.3, 0.4) is 0 Å². The second-order valence-corrected chi connectivity index (χ2v) is 2.22. The van der Waals surface area contributed by atoms with E-state index in [0.717, 1.165) is 5.57 Å². The minimum atomic E-state index is -0.360. The zero-order valence-electron chi connectivity index (χ0n) is 6.64. The molecule has 0 aliphatic heterocycles. The van der Waals surface area contributed by atoms with Gasteiger partial charge < -0.3 is 5.73 Å². The highest BCUT2D eigenvalue weighted by Gasteiger charge is 1.94. The summed E-state index contributed by atoms with van der Waals surface area (Å²) < 4.78 is 0. The van der Waals surface area contributed by atoms with Crippen molar-refractivity contribution in [2.24, 2.45) is 5.73 Å². The number of carbonyl (C=O) groups excluding carboxylic acids is 1. The monoisotopic (exact) mass is 139 g/mol. The lowest BCUT2D eigenvalue weighted by molar-refractivity contribution is -0.114. The first kappa shape index (κ1) is 8.95. The van der Waals surface area contributed by atoms with Gasteiger partial charge in [0.2, 0.25) is 5.91 Å². The van der Waals surface area contributed by atoms with E-state index in [0.29, 0.717) is 5.57 Å². The summed E-state index contributed by atoms with van der Waals surface area (Å²) in [6, 6.07) is 0. The Balaban J connectivity index is 4.31. The van der Waals surface area contributed by atoms with Crippen LogP contribution in [0, 0.1) is 0 Å². The molecule has 0 aromatic rings. The van der Waals surface area contributed by atoms with Crippen molar-refractivity contribution in [1.82, 2.24) is 0 Å². The SMILES string of the molecule is C/C=C(C)\C=C(/C)C(N)=O. The first-order valence-corrected chi connectivity index (χ1v) is 3.19. The Morgan fingerprint density at radius 2 is 1.90 bits per heavy atom. The molecule has 0 aromatic heterocycles. The molecular formula is C8H13NO. The molecule has 10 heavy (non-hydrogen) atoms. The molecule has 0 aliphatic rings. The van der Waals surface area contributed by atoms with Crippen LogP contribution >= 0.6 is 0 Å². The molecule has 0 unspecified atom stereocenters. The summed E-state index contributed by atoms with van der Waals surface area (Å²) in [6.45, 7) is 5.54. The van der Waals surface area contributed by atoms with Crippen LogP contribution in [0.1, 0.15) is 20.8 Å². The van der Waals surface area contributed by atoms with Crippen molar-refractivity contribution in [3.05, 3.63) is 23.3 Å². The number of primary amides is 1. The molecule has 0 heterocycles. The lowest BCUT2D eigenvalue weighted by Crippen LogP contribution is -2.11. The molecule has 0 saturated heterocycles. The molecule has 56 valence electrons. The lowest BCUT2D eigenvalue weighted by atomic mass is 10.2. The van der Waals surface area contributed by atoms with Crippen LogP contribution in [0.15, 0.2) is 23.3 Å². The Morgan fingerprint density at radius 1 is 1.40 bits per heavy atom.